The number of imidazole rings is 1. The van der Waals surface area contributed by atoms with Crippen molar-refractivity contribution in [3.05, 3.63) is 119 Å². The van der Waals surface area contributed by atoms with E-state index in [0.717, 1.165) is 27.7 Å². The molecule has 6 rings (SSSR count). The van der Waals surface area contributed by atoms with Crippen LogP contribution in [-0.2, 0) is 12.6 Å². The van der Waals surface area contributed by atoms with Crippen molar-refractivity contribution in [2.24, 2.45) is 7.05 Å². The van der Waals surface area contributed by atoms with E-state index < -0.39 is 5.60 Å². The second-order valence-corrected chi connectivity index (χ2v) is 9.31. The zero-order chi connectivity index (χ0) is 24.2. The van der Waals surface area contributed by atoms with Crippen molar-refractivity contribution >= 4 is 39.8 Å². The summed E-state index contributed by atoms with van der Waals surface area (Å²) < 4.78 is 3.74. The minimum absolute atomic E-state index is 0.494. The monoisotopic (exact) mass is 499 g/mol. The van der Waals surface area contributed by atoms with Gasteiger partial charge in [-0.3, -0.25) is 4.40 Å². The van der Waals surface area contributed by atoms with Gasteiger partial charge in [0.05, 0.1) is 5.52 Å². The summed E-state index contributed by atoms with van der Waals surface area (Å²) in [6, 6.07) is 22.7. The summed E-state index contributed by atoms with van der Waals surface area (Å²) in [5.41, 5.74) is 3.30. The molecular weight excluding hydrogens is 481 g/mol. The molecule has 172 valence electrons. The Morgan fingerprint density at radius 3 is 2.43 bits per heavy atom. The molecule has 0 saturated heterocycles. The highest BCUT2D eigenvalue weighted by Gasteiger charge is 2.38. The Labute approximate surface area is 211 Å². The lowest BCUT2D eigenvalue weighted by atomic mass is 9.84. The topological polar surface area (TPSA) is 68.2 Å². The number of pyridine rings is 1. The second-order valence-electron chi connectivity index (χ2n) is 8.44. The van der Waals surface area contributed by atoms with Gasteiger partial charge < -0.3 is 9.67 Å². The van der Waals surface area contributed by atoms with E-state index in [1.807, 2.05) is 82.9 Å². The van der Waals surface area contributed by atoms with E-state index in [2.05, 4.69) is 15.2 Å². The van der Waals surface area contributed by atoms with Crippen LogP contribution in [0.2, 0.25) is 10.0 Å². The lowest BCUT2D eigenvalue weighted by Gasteiger charge is -2.29. The molecule has 6 nitrogen and oxygen atoms in total. The zero-order valence-corrected chi connectivity index (χ0v) is 20.1. The molecular formula is C27H19Cl2N5O. The smallest absolute Gasteiger partial charge is 0.173 e. The van der Waals surface area contributed by atoms with Crippen LogP contribution in [0.15, 0.2) is 91.5 Å². The molecule has 0 amide bonds. The summed E-state index contributed by atoms with van der Waals surface area (Å²) in [6.45, 7) is 0. The molecule has 3 aromatic carbocycles. The molecule has 0 spiro atoms. The van der Waals surface area contributed by atoms with Crippen LogP contribution in [0.5, 0.6) is 0 Å². The van der Waals surface area contributed by atoms with Gasteiger partial charge in [0.15, 0.2) is 11.2 Å². The van der Waals surface area contributed by atoms with Gasteiger partial charge in [-0.25, -0.2) is 4.98 Å². The number of aryl methyl sites for hydroxylation is 1. The van der Waals surface area contributed by atoms with E-state index in [4.69, 9.17) is 23.2 Å². The van der Waals surface area contributed by atoms with E-state index in [9.17, 15) is 5.11 Å². The van der Waals surface area contributed by atoms with Crippen LogP contribution in [0.3, 0.4) is 0 Å². The standard InChI is InChI=1S/C27H19Cl2N5O/c1-33-12-11-30-26(33)27(35,18-5-8-20(28)9-6-18)19-7-10-24-23(14-19)22(15-25-32-31-16-34(24)25)17-3-2-4-21(29)13-17/h2-16,35H,1H3. The van der Waals surface area contributed by atoms with Crippen LogP contribution in [0.1, 0.15) is 17.0 Å². The predicted molar refractivity (Wildman–Crippen MR) is 138 cm³/mol. The maximum atomic E-state index is 12.3. The van der Waals surface area contributed by atoms with Crippen molar-refractivity contribution in [1.82, 2.24) is 24.1 Å². The summed E-state index contributed by atoms with van der Waals surface area (Å²) in [5.74, 6) is 0.494. The van der Waals surface area contributed by atoms with Gasteiger partial charge in [-0.1, -0.05) is 53.5 Å². The fourth-order valence-corrected chi connectivity index (χ4v) is 4.96. The van der Waals surface area contributed by atoms with E-state index in [1.165, 1.54) is 0 Å². The molecule has 3 aromatic heterocycles. The number of benzene rings is 3. The van der Waals surface area contributed by atoms with E-state index in [-0.39, 0.29) is 0 Å². The molecule has 0 aliphatic heterocycles. The van der Waals surface area contributed by atoms with Gasteiger partial charge in [0, 0.05) is 34.9 Å². The highest BCUT2D eigenvalue weighted by Crippen LogP contribution is 2.39. The Balaban J connectivity index is 1.68. The normalized spacial score (nSPS) is 13.4. The van der Waals surface area contributed by atoms with Crippen LogP contribution in [0.25, 0.3) is 27.7 Å². The number of halogens is 2. The highest BCUT2D eigenvalue weighted by molar-refractivity contribution is 6.31. The fourth-order valence-electron chi connectivity index (χ4n) is 4.65. The largest absolute Gasteiger partial charge is 0.373 e. The van der Waals surface area contributed by atoms with Crippen molar-refractivity contribution in [2.45, 2.75) is 5.60 Å². The second kappa shape index (κ2) is 8.20. The first-order valence-corrected chi connectivity index (χ1v) is 11.7. The maximum absolute atomic E-state index is 12.3. The Bertz CT molecular complexity index is 1710. The third kappa shape index (κ3) is 3.49. The first kappa shape index (κ1) is 21.8. The highest BCUT2D eigenvalue weighted by atomic mass is 35.5. The number of nitrogens with zero attached hydrogens (tertiary/aromatic N) is 5. The van der Waals surface area contributed by atoms with E-state index in [0.29, 0.717) is 27.0 Å². The summed E-state index contributed by atoms with van der Waals surface area (Å²) in [4.78, 5) is 4.51. The van der Waals surface area contributed by atoms with Crippen molar-refractivity contribution in [3.8, 4) is 11.1 Å². The zero-order valence-electron chi connectivity index (χ0n) is 18.6. The van der Waals surface area contributed by atoms with Crippen LogP contribution in [-0.4, -0.2) is 29.3 Å². The van der Waals surface area contributed by atoms with Crippen LogP contribution < -0.4 is 0 Å². The molecule has 3 heterocycles. The van der Waals surface area contributed by atoms with Crippen molar-refractivity contribution < 1.29 is 5.11 Å². The minimum atomic E-state index is -1.52. The number of hydrogen-bond donors (Lipinski definition) is 1. The van der Waals surface area contributed by atoms with Gasteiger partial charge in [-0.2, -0.15) is 0 Å². The van der Waals surface area contributed by atoms with Gasteiger partial charge in [-0.15, -0.1) is 10.2 Å². The quantitative estimate of drug-likeness (QED) is 0.329. The molecule has 0 saturated carbocycles. The summed E-state index contributed by atoms with van der Waals surface area (Å²) in [7, 11) is 1.86. The average Bonchev–Trinajstić information content (AvgIpc) is 3.52. The van der Waals surface area contributed by atoms with Gasteiger partial charge >= 0.3 is 0 Å². The molecule has 1 atom stereocenters. The lowest BCUT2D eigenvalue weighted by Crippen LogP contribution is -2.32. The Morgan fingerprint density at radius 2 is 1.69 bits per heavy atom. The number of aliphatic hydroxyl groups is 1. The number of aromatic nitrogens is 5. The fraction of sp³-hybridized carbons (Fsp3) is 0.0741. The molecule has 0 radical (unpaired) electrons. The lowest BCUT2D eigenvalue weighted by molar-refractivity contribution is 0.112. The van der Waals surface area contributed by atoms with Crippen molar-refractivity contribution in [2.75, 3.05) is 0 Å². The van der Waals surface area contributed by atoms with Gasteiger partial charge in [-0.05, 0) is 64.7 Å². The Hall–Kier alpha value is -3.71. The van der Waals surface area contributed by atoms with E-state index >= 15 is 0 Å². The summed E-state index contributed by atoms with van der Waals surface area (Å²) in [5, 5.41) is 22.8. The van der Waals surface area contributed by atoms with Crippen LogP contribution in [0.4, 0.5) is 0 Å². The summed E-state index contributed by atoms with van der Waals surface area (Å²) >= 11 is 12.5. The van der Waals surface area contributed by atoms with Crippen LogP contribution in [0, 0.1) is 0 Å². The molecule has 0 aliphatic carbocycles. The average molecular weight is 500 g/mol. The molecule has 0 bridgehead atoms. The SMILES string of the molecule is Cn1ccnc1C(O)(c1ccc(Cl)cc1)c1ccc2c(c1)c(-c1cccc(Cl)c1)cc1nncn12. The Kier molecular flexibility index (Phi) is 5.11. The minimum Gasteiger partial charge on any atom is -0.373 e. The molecule has 8 heteroatoms. The Morgan fingerprint density at radius 1 is 0.886 bits per heavy atom. The number of hydrogen-bond acceptors (Lipinski definition) is 4. The van der Waals surface area contributed by atoms with Gasteiger partial charge in [0.1, 0.15) is 12.2 Å². The molecule has 6 aromatic rings. The first-order chi connectivity index (χ1) is 16.9. The van der Waals surface area contributed by atoms with Crippen LogP contribution >= 0.6 is 23.2 Å². The number of fused-ring (bicyclic) bond motifs is 3. The van der Waals surface area contributed by atoms with Crippen molar-refractivity contribution in [1.29, 1.82) is 0 Å². The predicted octanol–water partition coefficient (Wildman–Crippen LogP) is 5.87. The van der Waals surface area contributed by atoms with E-state index in [1.54, 1.807) is 24.7 Å². The van der Waals surface area contributed by atoms with Crippen molar-refractivity contribution in [3.63, 3.8) is 0 Å². The molecule has 1 N–H and O–H groups in total. The van der Waals surface area contributed by atoms with Gasteiger partial charge in [0.2, 0.25) is 0 Å². The van der Waals surface area contributed by atoms with Gasteiger partial charge in [0.25, 0.3) is 0 Å². The maximum Gasteiger partial charge on any atom is 0.173 e. The third-order valence-corrected chi connectivity index (χ3v) is 6.84. The first-order valence-electron chi connectivity index (χ1n) is 10.9. The molecule has 0 fully saturated rings. The third-order valence-electron chi connectivity index (χ3n) is 6.35. The molecule has 0 aliphatic rings. The molecule has 1 unspecified atom stereocenters. The number of rotatable bonds is 4. The summed E-state index contributed by atoms with van der Waals surface area (Å²) in [6.07, 6.45) is 5.17. The molecule has 35 heavy (non-hydrogen) atoms.